The molecule has 0 radical (unpaired) electrons. The number of carbonyl (C=O) groups excluding carboxylic acids is 3. The predicted molar refractivity (Wildman–Crippen MR) is 116 cm³/mol. The second kappa shape index (κ2) is 20.7. The largest absolute Gasteiger partial charge is 0.463 e. The molecule has 0 unspecified atom stereocenters. The molecule has 0 bridgehead atoms. The smallest absolute Gasteiger partial charge is 0.305 e. The summed E-state index contributed by atoms with van der Waals surface area (Å²) in [6.45, 7) is 4.81. The summed E-state index contributed by atoms with van der Waals surface area (Å²) in [5.41, 5.74) is 0. The van der Waals surface area contributed by atoms with Crippen molar-refractivity contribution in [1.82, 2.24) is 4.90 Å². The zero-order valence-electron chi connectivity index (χ0n) is 19.2. The lowest BCUT2D eigenvalue weighted by Gasteiger charge is -2.13. The van der Waals surface area contributed by atoms with Crippen molar-refractivity contribution in [2.75, 3.05) is 85.8 Å². The van der Waals surface area contributed by atoms with Gasteiger partial charge in [0.1, 0.15) is 6.61 Å². The molecule has 11 heteroatoms. The third-order valence-corrected chi connectivity index (χ3v) is 4.38. The first kappa shape index (κ1) is 29.1. The molecule has 0 aromatic heterocycles. The van der Waals surface area contributed by atoms with Gasteiger partial charge in [-0.05, 0) is 12.8 Å². The Morgan fingerprint density at radius 1 is 0.667 bits per heavy atom. The van der Waals surface area contributed by atoms with E-state index in [-0.39, 0.29) is 31.0 Å². The molecular weight excluding hydrogens is 438 g/mol. The molecule has 11 nitrogen and oxygen atoms in total. The maximum Gasteiger partial charge on any atom is 0.305 e. The summed E-state index contributed by atoms with van der Waals surface area (Å²) in [6, 6.07) is 0. The van der Waals surface area contributed by atoms with Gasteiger partial charge in [0.05, 0.1) is 72.7 Å². The van der Waals surface area contributed by atoms with Gasteiger partial charge in [0, 0.05) is 25.1 Å². The van der Waals surface area contributed by atoms with Gasteiger partial charge in [0.15, 0.2) is 0 Å². The van der Waals surface area contributed by atoms with E-state index in [1.165, 1.54) is 17.1 Å². The van der Waals surface area contributed by atoms with Crippen molar-refractivity contribution < 1.29 is 47.9 Å². The van der Waals surface area contributed by atoms with E-state index in [4.69, 9.17) is 33.5 Å². The van der Waals surface area contributed by atoms with Gasteiger partial charge in [-0.1, -0.05) is 6.42 Å². The molecule has 0 saturated heterocycles. The van der Waals surface area contributed by atoms with Crippen LogP contribution in [0.5, 0.6) is 0 Å². The molecule has 0 atom stereocenters. The maximum atomic E-state index is 11.7. The number of esters is 1. The normalized spacial score (nSPS) is 13.3. The standard InChI is InChI=1S/C22H37NO10/c24-8-9-28-10-11-29-12-13-30-14-15-31-16-17-32-18-19-33-22(27)4-2-1-3-7-23-20(25)5-6-21(23)26/h5-6,24H,1-4,7-19H2. The second-order valence-electron chi connectivity index (χ2n) is 6.98. The molecule has 190 valence electrons. The van der Waals surface area contributed by atoms with Crippen LogP contribution in [0.4, 0.5) is 0 Å². The maximum absolute atomic E-state index is 11.7. The molecule has 0 aromatic rings. The van der Waals surface area contributed by atoms with Crippen LogP contribution in [0.15, 0.2) is 12.2 Å². The Morgan fingerprint density at radius 2 is 1.12 bits per heavy atom. The van der Waals surface area contributed by atoms with E-state index in [1.54, 1.807) is 0 Å². The predicted octanol–water partition coefficient (Wildman–Crippen LogP) is 0.0903. The first-order chi connectivity index (χ1) is 16.1. The van der Waals surface area contributed by atoms with Gasteiger partial charge in [-0.3, -0.25) is 19.3 Å². The summed E-state index contributed by atoms with van der Waals surface area (Å²) in [4.78, 5) is 35.7. The van der Waals surface area contributed by atoms with Crippen molar-refractivity contribution in [2.24, 2.45) is 0 Å². The molecular formula is C22H37NO10. The van der Waals surface area contributed by atoms with E-state index in [0.717, 1.165) is 6.42 Å². The molecule has 0 aliphatic carbocycles. The number of hydrogen-bond donors (Lipinski definition) is 1. The highest BCUT2D eigenvalue weighted by atomic mass is 16.6. The fraction of sp³-hybridized carbons (Fsp3) is 0.773. The minimum absolute atomic E-state index is 0.0116. The van der Waals surface area contributed by atoms with Gasteiger partial charge >= 0.3 is 5.97 Å². The summed E-state index contributed by atoms with van der Waals surface area (Å²) in [7, 11) is 0. The molecule has 33 heavy (non-hydrogen) atoms. The van der Waals surface area contributed by atoms with Gasteiger partial charge in [0.2, 0.25) is 0 Å². The topological polar surface area (TPSA) is 130 Å². The number of carbonyl (C=O) groups is 3. The molecule has 1 aliphatic rings. The van der Waals surface area contributed by atoms with Crippen LogP contribution >= 0.6 is 0 Å². The molecule has 1 aliphatic heterocycles. The zero-order chi connectivity index (χ0) is 24.0. The van der Waals surface area contributed by atoms with Crippen LogP contribution in [0.3, 0.4) is 0 Å². The second-order valence-corrected chi connectivity index (χ2v) is 6.98. The van der Waals surface area contributed by atoms with E-state index in [1.807, 2.05) is 0 Å². The Morgan fingerprint density at radius 3 is 1.61 bits per heavy atom. The van der Waals surface area contributed by atoms with Crippen LogP contribution in [0.1, 0.15) is 25.7 Å². The summed E-state index contributed by atoms with van der Waals surface area (Å²) in [6.07, 6.45) is 4.87. The van der Waals surface area contributed by atoms with Crippen LogP contribution in [0.2, 0.25) is 0 Å². The highest BCUT2D eigenvalue weighted by Crippen LogP contribution is 2.08. The number of aliphatic hydroxyl groups is 1. The van der Waals surface area contributed by atoms with Crippen molar-refractivity contribution >= 4 is 17.8 Å². The summed E-state index contributed by atoms with van der Waals surface area (Å²) < 4.78 is 31.5. The Hall–Kier alpha value is -1.89. The summed E-state index contributed by atoms with van der Waals surface area (Å²) in [5, 5.41) is 8.54. The first-order valence-corrected chi connectivity index (χ1v) is 11.3. The van der Waals surface area contributed by atoms with Gasteiger partial charge in [-0.25, -0.2) is 0 Å². The number of amides is 2. The van der Waals surface area contributed by atoms with Crippen LogP contribution < -0.4 is 0 Å². The van der Waals surface area contributed by atoms with E-state index in [9.17, 15) is 14.4 Å². The molecule has 1 heterocycles. The summed E-state index contributed by atoms with van der Waals surface area (Å²) >= 11 is 0. The Balaban J connectivity index is 1.74. The molecule has 0 aromatic carbocycles. The highest BCUT2D eigenvalue weighted by Gasteiger charge is 2.22. The van der Waals surface area contributed by atoms with Gasteiger partial charge in [-0.2, -0.15) is 0 Å². The van der Waals surface area contributed by atoms with Crippen molar-refractivity contribution in [2.45, 2.75) is 25.7 Å². The van der Waals surface area contributed by atoms with E-state index >= 15 is 0 Å². The number of hydrogen-bond acceptors (Lipinski definition) is 10. The van der Waals surface area contributed by atoms with Gasteiger partial charge in [-0.15, -0.1) is 0 Å². The van der Waals surface area contributed by atoms with Crippen LogP contribution in [0, 0.1) is 0 Å². The lowest BCUT2D eigenvalue weighted by molar-refractivity contribution is -0.145. The fourth-order valence-corrected chi connectivity index (χ4v) is 2.70. The average Bonchev–Trinajstić information content (AvgIpc) is 3.13. The quantitative estimate of drug-likeness (QED) is 0.123. The van der Waals surface area contributed by atoms with E-state index < -0.39 is 0 Å². The Kier molecular flexibility index (Phi) is 18.3. The van der Waals surface area contributed by atoms with E-state index in [2.05, 4.69) is 0 Å². The molecule has 1 rings (SSSR count). The Labute approximate surface area is 194 Å². The van der Waals surface area contributed by atoms with Crippen molar-refractivity contribution in [3.05, 3.63) is 12.2 Å². The number of imide groups is 1. The fourth-order valence-electron chi connectivity index (χ4n) is 2.70. The SMILES string of the molecule is O=C(CCCCCN1C(=O)C=CC1=O)OCCOCCOCCOCCOCCOCCO. The van der Waals surface area contributed by atoms with Crippen molar-refractivity contribution in [3.8, 4) is 0 Å². The minimum Gasteiger partial charge on any atom is -0.463 e. The number of nitrogens with zero attached hydrogens (tertiary/aromatic N) is 1. The van der Waals surface area contributed by atoms with Crippen molar-refractivity contribution in [3.63, 3.8) is 0 Å². The number of ether oxygens (including phenoxy) is 6. The number of unbranched alkanes of at least 4 members (excludes halogenated alkanes) is 2. The monoisotopic (exact) mass is 475 g/mol. The van der Waals surface area contributed by atoms with Crippen LogP contribution in [0.25, 0.3) is 0 Å². The lowest BCUT2D eigenvalue weighted by Crippen LogP contribution is -2.30. The zero-order valence-corrected chi connectivity index (χ0v) is 19.2. The van der Waals surface area contributed by atoms with Crippen LogP contribution in [-0.4, -0.2) is 114 Å². The van der Waals surface area contributed by atoms with Crippen LogP contribution in [-0.2, 0) is 42.8 Å². The third kappa shape index (κ3) is 16.4. The van der Waals surface area contributed by atoms with Gasteiger partial charge in [0.25, 0.3) is 11.8 Å². The first-order valence-electron chi connectivity index (χ1n) is 11.3. The average molecular weight is 476 g/mol. The highest BCUT2D eigenvalue weighted by molar-refractivity contribution is 6.12. The molecule has 1 N–H and O–H groups in total. The Bertz CT molecular complexity index is 551. The third-order valence-electron chi connectivity index (χ3n) is 4.38. The molecule has 0 saturated carbocycles. The number of rotatable bonds is 23. The molecule has 0 spiro atoms. The number of aliphatic hydroxyl groups excluding tert-OH is 1. The van der Waals surface area contributed by atoms with Gasteiger partial charge < -0.3 is 33.5 Å². The summed E-state index contributed by atoms with van der Waals surface area (Å²) in [5.74, 6) is -0.849. The minimum atomic E-state index is -0.288. The van der Waals surface area contributed by atoms with Crippen molar-refractivity contribution in [1.29, 1.82) is 0 Å². The molecule has 0 fully saturated rings. The lowest BCUT2D eigenvalue weighted by atomic mass is 10.2. The van der Waals surface area contributed by atoms with E-state index in [0.29, 0.717) is 91.9 Å². The molecule has 2 amide bonds.